The number of allylic oxidation sites excluding steroid dienone is 4. The molecule has 0 atom stereocenters. The van der Waals surface area contributed by atoms with E-state index in [1.165, 1.54) is 135 Å². The summed E-state index contributed by atoms with van der Waals surface area (Å²) in [5, 5.41) is 0. The molecular weight excluding hydrogens is 1050 g/mol. The third kappa shape index (κ3) is 14.1. The maximum atomic E-state index is 3.50. The number of rotatable bonds is 4. The molecule has 82 heavy (non-hydrogen) atoms. The second kappa shape index (κ2) is 23.2. The summed E-state index contributed by atoms with van der Waals surface area (Å²) < 4.78 is 1.21. The predicted molar refractivity (Wildman–Crippen MR) is 365 cm³/mol. The standard InChI is InChI=1S/C26H32.2C23H28.C9H7Br/c1-25(2,3)21-13-20(14-22(16-21)26(4,5)6)23-9-7-8-18-12-19(15-24(18)23)17-10-11-17;2*1-22(2,3)18-13-17(14-19(15-18)23(4,5)6)21-12-8-10-16-9-7-11-20(16)21;10-9-6-2-4-7-3-1-5-8(7)9/h7-9,13-17H,10-12H2,1-6H3;2*7-8,10-15H,9H2,1-6H3;1-2,4-6H,3H2. The van der Waals surface area contributed by atoms with Gasteiger partial charge >= 0.3 is 0 Å². The SMILES string of the molecule is Brc1cccc2c1C=CC2.CC(C)(C)c1cc(-c2cccc3c2C=C(C2CC2)C3)cc(C(C)(C)C)c1.CC(C)(C)c1cc(-c2cccc3c2C=CC3)cc(C(C)(C)C)c1.CC(C)(C)c1cc(-c2cccc3c2C=CC3)cc(C(C)(C)C)c1. The van der Waals surface area contributed by atoms with Crippen molar-refractivity contribution in [3.8, 4) is 33.4 Å². The number of hydrogen-bond donors (Lipinski definition) is 0. The molecule has 0 amide bonds. The fraction of sp³-hybridized carbons (Fsp3) is 0.383. The molecule has 5 aliphatic rings. The molecule has 12 rings (SSSR count). The first-order chi connectivity index (χ1) is 38.3. The number of benzene rings is 7. The third-order valence-electron chi connectivity index (χ3n) is 17.4. The summed E-state index contributed by atoms with van der Waals surface area (Å²) in [4.78, 5) is 0. The highest BCUT2D eigenvalue weighted by atomic mass is 79.9. The number of fused-ring (bicyclic) bond motifs is 4. The molecule has 0 bridgehead atoms. The molecular formula is C81H95Br. The molecule has 0 aliphatic heterocycles. The van der Waals surface area contributed by atoms with Gasteiger partial charge in [0.1, 0.15) is 0 Å². The van der Waals surface area contributed by atoms with E-state index in [1.54, 1.807) is 5.57 Å². The van der Waals surface area contributed by atoms with Gasteiger partial charge in [0.2, 0.25) is 0 Å². The smallest absolute Gasteiger partial charge is 0.0250 e. The van der Waals surface area contributed by atoms with Gasteiger partial charge in [0.25, 0.3) is 0 Å². The fourth-order valence-electron chi connectivity index (χ4n) is 11.6. The van der Waals surface area contributed by atoms with E-state index in [9.17, 15) is 0 Å². The molecule has 0 saturated heterocycles. The monoisotopic (exact) mass is 1150 g/mol. The summed E-state index contributed by atoms with van der Waals surface area (Å²) in [6, 6.07) is 48.2. The lowest BCUT2D eigenvalue weighted by molar-refractivity contribution is 0.568. The van der Waals surface area contributed by atoms with Crippen LogP contribution in [-0.2, 0) is 58.2 Å². The first-order valence-electron chi connectivity index (χ1n) is 30.7. The van der Waals surface area contributed by atoms with Crippen molar-refractivity contribution in [1.82, 2.24) is 0 Å². The molecule has 0 radical (unpaired) electrons. The third-order valence-corrected chi connectivity index (χ3v) is 18.0. The number of hydrogen-bond acceptors (Lipinski definition) is 0. The lowest BCUT2D eigenvalue weighted by atomic mass is 9.78. The van der Waals surface area contributed by atoms with Gasteiger partial charge in [0.15, 0.2) is 0 Å². The highest BCUT2D eigenvalue weighted by Crippen LogP contribution is 2.46. The first-order valence-corrected chi connectivity index (χ1v) is 31.4. The van der Waals surface area contributed by atoms with Crippen LogP contribution in [0.3, 0.4) is 0 Å². The van der Waals surface area contributed by atoms with Crippen LogP contribution in [0.25, 0.3) is 57.7 Å². The Morgan fingerprint density at radius 2 is 0.622 bits per heavy atom. The second-order valence-electron chi connectivity index (χ2n) is 30.3. The van der Waals surface area contributed by atoms with E-state index < -0.39 is 0 Å². The second-order valence-corrected chi connectivity index (χ2v) is 31.2. The lowest BCUT2D eigenvalue weighted by Crippen LogP contribution is -2.16. The van der Waals surface area contributed by atoms with Crippen molar-refractivity contribution >= 4 is 40.2 Å². The molecule has 1 saturated carbocycles. The highest BCUT2D eigenvalue weighted by Gasteiger charge is 2.31. The van der Waals surface area contributed by atoms with Crippen LogP contribution in [0.15, 0.2) is 156 Å². The maximum absolute atomic E-state index is 3.50. The number of halogens is 1. The van der Waals surface area contributed by atoms with Crippen LogP contribution in [0.5, 0.6) is 0 Å². The van der Waals surface area contributed by atoms with Crippen LogP contribution < -0.4 is 0 Å². The molecule has 0 nitrogen and oxygen atoms in total. The molecule has 0 heterocycles. The molecule has 0 aromatic heterocycles. The summed E-state index contributed by atoms with van der Waals surface area (Å²) >= 11 is 3.50. The first kappa shape index (κ1) is 60.6. The van der Waals surface area contributed by atoms with E-state index in [1.807, 2.05) is 0 Å². The Hall–Kier alpha value is -6.02. The minimum Gasteiger partial charge on any atom is -0.0795 e. The minimum atomic E-state index is 0.156. The minimum absolute atomic E-state index is 0.156. The van der Waals surface area contributed by atoms with Crippen LogP contribution in [0.2, 0.25) is 0 Å². The van der Waals surface area contributed by atoms with E-state index in [0.717, 1.165) is 25.2 Å². The largest absolute Gasteiger partial charge is 0.0795 e. The zero-order valence-electron chi connectivity index (χ0n) is 53.4. The fourth-order valence-corrected chi connectivity index (χ4v) is 12.2. The van der Waals surface area contributed by atoms with E-state index in [-0.39, 0.29) is 32.5 Å². The van der Waals surface area contributed by atoms with Crippen molar-refractivity contribution in [2.24, 2.45) is 5.92 Å². The van der Waals surface area contributed by atoms with Crippen molar-refractivity contribution in [1.29, 1.82) is 0 Å². The van der Waals surface area contributed by atoms with Gasteiger partial charge in [-0.3, -0.25) is 0 Å². The molecule has 426 valence electrons. The summed E-state index contributed by atoms with van der Waals surface area (Å²) in [6.45, 7) is 41.5. The zero-order chi connectivity index (χ0) is 59.3. The highest BCUT2D eigenvalue weighted by molar-refractivity contribution is 9.10. The van der Waals surface area contributed by atoms with Crippen molar-refractivity contribution in [3.05, 3.63) is 234 Å². The Labute approximate surface area is 505 Å². The van der Waals surface area contributed by atoms with E-state index in [4.69, 9.17) is 0 Å². The van der Waals surface area contributed by atoms with Crippen LogP contribution in [-0.4, -0.2) is 0 Å². The van der Waals surface area contributed by atoms with Gasteiger partial charge in [-0.15, -0.1) is 0 Å². The van der Waals surface area contributed by atoms with Gasteiger partial charge in [-0.1, -0.05) is 310 Å². The van der Waals surface area contributed by atoms with Gasteiger partial charge in [0, 0.05) is 4.47 Å². The van der Waals surface area contributed by atoms with Crippen LogP contribution in [0.1, 0.15) is 215 Å². The van der Waals surface area contributed by atoms with Crippen molar-refractivity contribution in [3.63, 3.8) is 0 Å². The lowest BCUT2D eigenvalue weighted by Gasteiger charge is -2.26. The van der Waals surface area contributed by atoms with E-state index >= 15 is 0 Å². The normalized spacial score (nSPS) is 15.1. The summed E-state index contributed by atoms with van der Waals surface area (Å²) in [5.74, 6) is 0.862. The van der Waals surface area contributed by atoms with Crippen molar-refractivity contribution in [2.45, 2.75) is 196 Å². The molecule has 0 unspecified atom stereocenters. The molecule has 1 fully saturated rings. The van der Waals surface area contributed by atoms with Gasteiger partial charge < -0.3 is 0 Å². The van der Waals surface area contributed by atoms with Gasteiger partial charge in [0.05, 0.1) is 0 Å². The van der Waals surface area contributed by atoms with Gasteiger partial charge in [-0.2, -0.15) is 0 Å². The molecule has 7 aromatic carbocycles. The van der Waals surface area contributed by atoms with Crippen LogP contribution >= 0.6 is 15.9 Å². The summed E-state index contributed by atoms with van der Waals surface area (Å²) in [6.07, 6.45) is 23.1. The maximum Gasteiger partial charge on any atom is 0.0250 e. The summed E-state index contributed by atoms with van der Waals surface area (Å²) in [7, 11) is 0. The van der Waals surface area contributed by atoms with E-state index in [0.29, 0.717) is 0 Å². The Morgan fingerprint density at radius 3 is 0.939 bits per heavy atom. The zero-order valence-corrected chi connectivity index (χ0v) is 54.9. The molecule has 7 aromatic rings. The van der Waals surface area contributed by atoms with Crippen LogP contribution in [0, 0.1) is 5.92 Å². The predicted octanol–water partition coefficient (Wildman–Crippen LogP) is 23.4. The Bertz CT molecular complexity index is 3390. The average molecular weight is 1150 g/mol. The molecule has 0 N–H and O–H groups in total. The molecule has 0 spiro atoms. The Balaban J connectivity index is 0.000000137. The van der Waals surface area contributed by atoms with Crippen molar-refractivity contribution in [2.75, 3.05) is 0 Å². The average Bonchev–Trinajstić information content (AvgIpc) is 3.66. The molecule has 5 aliphatic carbocycles. The quantitative estimate of drug-likeness (QED) is 0.165. The van der Waals surface area contributed by atoms with Gasteiger partial charge in [-0.25, -0.2) is 0 Å². The van der Waals surface area contributed by atoms with Crippen LogP contribution in [0.4, 0.5) is 0 Å². The Kier molecular flexibility index (Phi) is 17.1. The molecule has 1 heteroatoms. The van der Waals surface area contributed by atoms with Gasteiger partial charge in [-0.05, 0) is 194 Å². The Morgan fingerprint density at radius 1 is 0.329 bits per heavy atom. The topological polar surface area (TPSA) is 0 Å². The summed E-state index contributed by atoms with van der Waals surface area (Å²) in [5.41, 5.74) is 30.8. The van der Waals surface area contributed by atoms with E-state index in [2.05, 4.69) is 310 Å². The van der Waals surface area contributed by atoms with Crippen molar-refractivity contribution < 1.29 is 0 Å².